The number of benzene rings is 1. The second kappa shape index (κ2) is 5.54. The van der Waals surface area contributed by atoms with Gasteiger partial charge in [0.05, 0.1) is 4.90 Å². The SMILES string of the molecule is Cl.NC1CCN(S(=O)(=O)c2cccc(Cl)c2)C1. The maximum atomic E-state index is 12.1. The average Bonchev–Trinajstić information content (AvgIpc) is 2.65. The van der Waals surface area contributed by atoms with Gasteiger partial charge in [-0.25, -0.2) is 8.42 Å². The van der Waals surface area contributed by atoms with Crippen molar-refractivity contribution in [3.05, 3.63) is 29.3 Å². The summed E-state index contributed by atoms with van der Waals surface area (Å²) in [6, 6.07) is 6.22. The van der Waals surface area contributed by atoms with Crippen LogP contribution in [-0.4, -0.2) is 31.9 Å². The normalized spacial score (nSPS) is 21.2. The molecule has 17 heavy (non-hydrogen) atoms. The van der Waals surface area contributed by atoms with Crippen molar-refractivity contribution in [3.63, 3.8) is 0 Å². The molecule has 1 aliphatic heterocycles. The summed E-state index contributed by atoms with van der Waals surface area (Å²) in [5.74, 6) is 0. The van der Waals surface area contributed by atoms with Gasteiger partial charge in [0.1, 0.15) is 0 Å². The zero-order valence-corrected chi connectivity index (χ0v) is 11.4. The van der Waals surface area contributed by atoms with Crippen LogP contribution >= 0.6 is 24.0 Å². The fourth-order valence-electron chi connectivity index (χ4n) is 1.75. The van der Waals surface area contributed by atoms with E-state index in [2.05, 4.69) is 0 Å². The van der Waals surface area contributed by atoms with E-state index in [4.69, 9.17) is 17.3 Å². The average molecular weight is 297 g/mol. The van der Waals surface area contributed by atoms with E-state index in [1.54, 1.807) is 18.2 Å². The first-order valence-corrected chi connectivity index (χ1v) is 6.83. The molecule has 0 bridgehead atoms. The fourth-order valence-corrected chi connectivity index (χ4v) is 3.56. The number of hydrogen-bond acceptors (Lipinski definition) is 3. The molecule has 7 heteroatoms. The molecule has 0 amide bonds. The summed E-state index contributed by atoms with van der Waals surface area (Å²) < 4.78 is 25.7. The topological polar surface area (TPSA) is 63.4 Å². The first kappa shape index (κ1) is 14.7. The van der Waals surface area contributed by atoms with Gasteiger partial charge in [0.15, 0.2) is 0 Å². The summed E-state index contributed by atoms with van der Waals surface area (Å²) in [5, 5.41) is 0.421. The Morgan fingerprint density at radius 2 is 2.12 bits per heavy atom. The van der Waals surface area contributed by atoms with E-state index in [-0.39, 0.29) is 23.3 Å². The Hall–Kier alpha value is -0.330. The molecule has 1 aliphatic rings. The van der Waals surface area contributed by atoms with Crippen LogP contribution in [-0.2, 0) is 10.0 Å². The molecular weight excluding hydrogens is 283 g/mol. The first-order valence-electron chi connectivity index (χ1n) is 5.01. The second-order valence-corrected chi connectivity index (χ2v) is 6.24. The van der Waals surface area contributed by atoms with Gasteiger partial charge in [-0.3, -0.25) is 0 Å². The Kier molecular flexibility index (Phi) is 4.80. The summed E-state index contributed by atoms with van der Waals surface area (Å²) in [6.45, 7) is 0.866. The lowest BCUT2D eigenvalue weighted by Crippen LogP contribution is -2.31. The van der Waals surface area contributed by atoms with Gasteiger partial charge in [0.2, 0.25) is 10.0 Å². The van der Waals surface area contributed by atoms with Crippen molar-refractivity contribution >= 4 is 34.0 Å². The maximum Gasteiger partial charge on any atom is 0.243 e. The molecule has 4 nitrogen and oxygen atoms in total. The molecule has 0 spiro atoms. The van der Waals surface area contributed by atoms with Crippen LogP contribution < -0.4 is 5.73 Å². The molecule has 2 rings (SSSR count). The van der Waals surface area contributed by atoms with E-state index in [0.29, 0.717) is 24.5 Å². The largest absolute Gasteiger partial charge is 0.326 e. The number of hydrogen-bond donors (Lipinski definition) is 1. The van der Waals surface area contributed by atoms with Gasteiger partial charge >= 0.3 is 0 Å². The fraction of sp³-hybridized carbons (Fsp3) is 0.400. The molecule has 1 atom stereocenters. The van der Waals surface area contributed by atoms with E-state index in [1.807, 2.05) is 0 Å². The second-order valence-electron chi connectivity index (χ2n) is 3.87. The Bertz CT molecular complexity index is 493. The first-order chi connectivity index (χ1) is 7.50. The van der Waals surface area contributed by atoms with Gasteiger partial charge in [0, 0.05) is 24.2 Å². The number of halogens is 2. The Balaban J connectivity index is 0.00000144. The van der Waals surface area contributed by atoms with Crippen molar-refractivity contribution in [2.24, 2.45) is 5.73 Å². The highest BCUT2D eigenvalue weighted by atomic mass is 35.5. The Morgan fingerprint density at radius 1 is 1.41 bits per heavy atom. The van der Waals surface area contributed by atoms with Crippen LogP contribution in [0.3, 0.4) is 0 Å². The lowest BCUT2D eigenvalue weighted by molar-refractivity contribution is 0.472. The van der Waals surface area contributed by atoms with Crippen LogP contribution in [0.15, 0.2) is 29.2 Å². The standard InChI is InChI=1S/C10H13ClN2O2S.ClH/c11-8-2-1-3-10(6-8)16(14,15)13-5-4-9(12)7-13;/h1-3,6,9H,4-5,7,12H2;1H. The van der Waals surface area contributed by atoms with Crippen molar-refractivity contribution in [2.75, 3.05) is 13.1 Å². The zero-order chi connectivity index (χ0) is 11.8. The van der Waals surface area contributed by atoms with Crippen molar-refractivity contribution in [2.45, 2.75) is 17.4 Å². The highest BCUT2D eigenvalue weighted by Gasteiger charge is 2.30. The minimum atomic E-state index is -3.43. The summed E-state index contributed by atoms with van der Waals surface area (Å²) in [6.07, 6.45) is 0.708. The molecule has 0 aromatic heterocycles. The number of nitrogens with zero attached hydrogens (tertiary/aromatic N) is 1. The van der Waals surface area contributed by atoms with Crippen LogP contribution in [0.1, 0.15) is 6.42 Å². The molecule has 1 unspecified atom stereocenters. The van der Waals surface area contributed by atoms with Crippen LogP contribution in [0.4, 0.5) is 0 Å². The lowest BCUT2D eigenvalue weighted by Gasteiger charge is -2.15. The van der Waals surface area contributed by atoms with E-state index in [0.717, 1.165) is 0 Å². The molecule has 1 heterocycles. The van der Waals surface area contributed by atoms with Gasteiger partial charge < -0.3 is 5.73 Å². The van der Waals surface area contributed by atoms with Gasteiger partial charge in [-0.2, -0.15) is 4.31 Å². The lowest BCUT2D eigenvalue weighted by atomic mass is 10.3. The predicted molar refractivity (Wildman–Crippen MR) is 70.1 cm³/mol. The van der Waals surface area contributed by atoms with Gasteiger partial charge in [-0.15, -0.1) is 12.4 Å². The molecule has 1 aromatic rings. The quantitative estimate of drug-likeness (QED) is 0.899. The monoisotopic (exact) mass is 296 g/mol. The van der Waals surface area contributed by atoms with Crippen molar-refractivity contribution in [1.29, 1.82) is 0 Å². The van der Waals surface area contributed by atoms with Crippen LogP contribution in [0.25, 0.3) is 0 Å². The van der Waals surface area contributed by atoms with Gasteiger partial charge in [0.25, 0.3) is 0 Å². The molecule has 2 N–H and O–H groups in total. The third kappa shape index (κ3) is 3.11. The minimum absolute atomic E-state index is 0. The highest BCUT2D eigenvalue weighted by molar-refractivity contribution is 7.89. The molecule has 0 radical (unpaired) electrons. The van der Waals surface area contributed by atoms with Crippen LogP contribution in [0.5, 0.6) is 0 Å². The summed E-state index contributed by atoms with van der Waals surface area (Å²) in [7, 11) is -3.43. The zero-order valence-electron chi connectivity index (χ0n) is 9.04. The van der Waals surface area contributed by atoms with Crippen molar-refractivity contribution < 1.29 is 8.42 Å². The molecule has 0 saturated carbocycles. The smallest absolute Gasteiger partial charge is 0.243 e. The number of rotatable bonds is 2. The molecule has 96 valence electrons. The molecule has 0 aliphatic carbocycles. The van der Waals surface area contributed by atoms with E-state index >= 15 is 0 Å². The van der Waals surface area contributed by atoms with Crippen molar-refractivity contribution in [3.8, 4) is 0 Å². The minimum Gasteiger partial charge on any atom is -0.326 e. The van der Waals surface area contributed by atoms with Gasteiger partial charge in [-0.1, -0.05) is 17.7 Å². The van der Waals surface area contributed by atoms with Crippen molar-refractivity contribution in [1.82, 2.24) is 4.31 Å². The summed E-state index contributed by atoms with van der Waals surface area (Å²) >= 11 is 5.78. The maximum absolute atomic E-state index is 12.1. The number of nitrogens with two attached hydrogens (primary N) is 1. The van der Waals surface area contributed by atoms with Crippen LogP contribution in [0, 0.1) is 0 Å². The summed E-state index contributed by atoms with van der Waals surface area (Å²) in [5.41, 5.74) is 5.70. The highest BCUT2D eigenvalue weighted by Crippen LogP contribution is 2.22. The molecule has 1 saturated heterocycles. The third-order valence-electron chi connectivity index (χ3n) is 2.62. The Morgan fingerprint density at radius 3 is 2.65 bits per heavy atom. The molecule has 1 aromatic carbocycles. The number of sulfonamides is 1. The van der Waals surface area contributed by atoms with E-state index < -0.39 is 10.0 Å². The van der Waals surface area contributed by atoms with Gasteiger partial charge in [-0.05, 0) is 24.6 Å². The van der Waals surface area contributed by atoms with E-state index in [1.165, 1.54) is 10.4 Å². The predicted octanol–water partition coefficient (Wildman–Crippen LogP) is 1.48. The third-order valence-corrected chi connectivity index (χ3v) is 4.72. The van der Waals surface area contributed by atoms with Crippen LogP contribution in [0.2, 0.25) is 5.02 Å². The Labute approximate surface area is 112 Å². The molecule has 1 fully saturated rings. The molecular formula is C10H14Cl2N2O2S. The summed E-state index contributed by atoms with van der Waals surface area (Å²) in [4.78, 5) is 0.231. The van der Waals surface area contributed by atoms with E-state index in [9.17, 15) is 8.42 Å².